The number of aliphatic hydroxyl groups excluding tert-OH is 1. The summed E-state index contributed by atoms with van der Waals surface area (Å²) in [6.45, 7) is 0.604. The Morgan fingerprint density at radius 1 is 1.06 bits per heavy atom. The van der Waals surface area contributed by atoms with Crippen LogP contribution in [-0.4, -0.2) is 46.5 Å². The number of nitrogens with one attached hydrogen (secondary N) is 1. The van der Waals surface area contributed by atoms with E-state index in [1.165, 1.54) is 24.2 Å². The van der Waals surface area contributed by atoms with E-state index >= 15 is 0 Å². The fourth-order valence-corrected chi connectivity index (χ4v) is 4.55. The molecule has 7 heteroatoms. The highest BCUT2D eigenvalue weighted by molar-refractivity contribution is 5.99. The fraction of sp³-hybridized carbons (Fsp3) is 0.500. The van der Waals surface area contributed by atoms with Gasteiger partial charge in [-0.25, -0.2) is 0 Å². The second-order valence-corrected chi connectivity index (χ2v) is 9.42. The number of carbonyl (C=O) groups is 2. The molecule has 2 fully saturated rings. The SMILES string of the molecule is CN(CC(O)c1ccccc1)C(=O)c1cn(C2CC2)cc(C(=O)NCC2CCCCC2)c1=O. The second-order valence-electron chi connectivity index (χ2n) is 9.42. The number of hydrogen-bond donors (Lipinski definition) is 2. The molecular weight excluding hydrogens is 418 g/mol. The Balaban J connectivity index is 1.52. The minimum atomic E-state index is -0.868. The van der Waals surface area contributed by atoms with E-state index in [0.717, 1.165) is 25.7 Å². The lowest BCUT2D eigenvalue weighted by Gasteiger charge is -2.22. The van der Waals surface area contributed by atoms with Crippen molar-refractivity contribution in [1.29, 1.82) is 0 Å². The van der Waals surface area contributed by atoms with Gasteiger partial charge in [0.2, 0.25) is 5.43 Å². The van der Waals surface area contributed by atoms with Crippen LogP contribution in [0.5, 0.6) is 0 Å². The van der Waals surface area contributed by atoms with Crippen molar-refractivity contribution in [3.63, 3.8) is 0 Å². The number of aromatic nitrogens is 1. The van der Waals surface area contributed by atoms with E-state index in [9.17, 15) is 19.5 Å². The molecule has 2 saturated carbocycles. The van der Waals surface area contributed by atoms with Crippen molar-refractivity contribution in [3.05, 3.63) is 69.6 Å². The molecule has 2 N–H and O–H groups in total. The molecule has 0 bridgehead atoms. The summed E-state index contributed by atoms with van der Waals surface area (Å²) >= 11 is 0. The maximum Gasteiger partial charge on any atom is 0.259 e. The van der Waals surface area contributed by atoms with Crippen LogP contribution in [0.25, 0.3) is 0 Å². The lowest BCUT2D eigenvalue weighted by atomic mass is 9.89. The quantitative estimate of drug-likeness (QED) is 0.644. The number of likely N-dealkylation sites (N-methyl/N-ethyl adjacent to an activating group) is 1. The molecule has 4 rings (SSSR count). The molecule has 2 aromatic rings. The average Bonchev–Trinajstić information content (AvgIpc) is 3.69. The molecule has 2 aliphatic carbocycles. The molecule has 2 aliphatic rings. The zero-order chi connectivity index (χ0) is 23.4. The minimum Gasteiger partial charge on any atom is -0.387 e. The van der Waals surface area contributed by atoms with E-state index in [1.54, 1.807) is 31.6 Å². The molecule has 0 aliphatic heterocycles. The zero-order valence-corrected chi connectivity index (χ0v) is 19.2. The largest absolute Gasteiger partial charge is 0.387 e. The molecule has 0 saturated heterocycles. The van der Waals surface area contributed by atoms with Gasteiger partial charge in [0.1, 0.15) is 11.1 Å². The van der Waals surface area contributed by atoms with Crippen LogP contribution in [-0.2, 0) is 0 Å². The number of aliphatic hydroxyl groups is 1. The van der Waals surface area contributed by atoms with Crippen LogP contribution in [0.4, 0.5) is 0 Å². The van der Waals surface area contributed by atoms with Gasteiger partial charge in [0, 0.05) is 32.0 Å². The van der Waals surface area contributed by atoms with Crippen LogP contribution in [0.2, 0.25) is 0 Å². The van der Waals surface area contributed by atoms with Gasteiger partial charge in [-0.1, -0.05) is 49.6 Å². The van der Waals surface area contributed by atoms with E-state index in [1.807, 2.05) is 22.8 Å². The zero-order valence-electron chi connectivity index (χ0n) is 19.2. The summed E-state index contributed by atoms with van der Waals surface area (Å²) in [5, 5.41) is 13.4. The van der Waals surface area contributed by atoms with Gasteiger partial charge in [-0.05, 0) is 37.2 Å². The third-order valence-electron chi connectivity index (χ3n) is 6.74. The highest BCUT2D eigenvalue weighted by Gasteiger charge is 2.28. The van der Waals surface area contributed by atoms with Gasteiger partial charge in [0.15, 0.2) is 0 Å². The summed E-state index contributed by atoms with van der Waals surface area (Å²) in [5.74, 6) is -0.461. The Morgan fingerprint density at radius 2 is 1.73 bits per heavy atom. The molecule has 33 heavy (non-hydrogen) atoms. The minimum absolute atomic E-state index is 0.0144. The summed E-state index contributed by atoms with van der Waals surface area (Å²) in [6.07, 6.45) is 10.0. The normalized spacial score (nSPS) is 17.4. The summed E-state index contributed by atoms with van der Waals surface area (Å²) < 4.78 is 1.83. The van der Waals surface area contributed by atoms with Crippen LogP contribution < -0.4 is 10.7 Å². The van der Waals surface area contributed by atoms with Crippen molar-refractivity contribution in [2.75, 3.05) is 20.1 Å². The summed E-state index contributed by atoms with van der Waals surface area (Å²) in [4.78, 5) is 40.6. The first-order valence-electron chi connectivity index (χ1n) is 12.0. The molecule has 7 nitrogen and oxygen atoms in total. The second kappa shape index (κ2) is 10.3. The molecule has 0 spiro atoms. The predicted molar refractivity (Wildman–Crippen MR) is 126 cm³/mol. The van der Waals surface area contributed by atoms with E-state index in [2.05, 4.69) is 5.32 Å². The van der Waals surface area contributed by atoms with Gasteiger partial charge in [0.25, 0.3) is 11.8 Å². The van der Waals surface area contributed by atoms with Crippen LogP contribution in [0.15, 0.2) is 47.5 Å². The van der Waals surface area contributed by atoms with Gasteiger partial charge in [-0.3, -0.25) is 14.4 Å². The van der Waals surface area contributed by atoms with Crippen LogP contribution in [0.3, 0.4) is 0 Å². The fourth-order valence-electron chi connectivity index (χ4n) is 4.55. The first-order chi connectivity index (χ1) is 15.9. The summed E-state index contributed by atoms with van der Waals surface area (Å²) in [6, 6.07) is 9.30. The topological polar surface area (TPSA) is 91.6 Å². The number of nitrogens with zero attached hydrogens (tertiary/aromatic N) is 2. The number of amides is 2. The van der Waals surface area contributed by atoms with Gasteiger partial charge >= 0.3 is 0 Å². The van der Waals surface area contributed by atoms with Gasteiger partial charge in [-0.2, -0.15) is 0 Å². The Bertz CT molecular complexity index is 1040. The Kier molecular flexibility index (Phi) is 7.28. The first-order valence-corrected chi connectivity index (χ1v) is 12.0. The van der Waals surface area contributed by atoms with Crippen molar-refractivity contribution < 1.29 is 14.7 Å². The molecule has 1 heterocycles. The van der Waals surface area contributed by atoms with E-state index in [0.29, 0.717) is 18.0 Å². The van der Waals surface area contributed by atoms with Gasteiger partial charge in [-0.15, -0.1) is 0 Å². The van der Waals surface area contributed by atoms with E-state index in [-0.39, 0.29) is 23.7 Å². The maximum absolute atomic E-state index is 13.2. The number of benzene rings is 1. The third kappa shape index (κ3) is 5.71. The molecule has 0 radical (unpaired) electrons. The smallest absolute Gasteiger partial charge is 0.259 e. The summed E-state index contributed by atoms with van der Waals surface area (Å²) in [5.41, 5.74) is 0.123. The summed E-state index contributed by atoms with van der Waals surface area (Å²) in [7, 11) is 1.56. The van der Waals surface area contributed by atoms with Crippen molar-refractivity contribution in [3.8, 4) is 0 Å². The van der Waals surface area contributed by atoms with Gasteiger partial charge in [0.05, 0.1) is 12.6 Å². The third-order valence-corrected chi connectivity index (χ3v) is 6.74. The van der Waals surface area contributed by atoms with Crippen molar-refractivity contribution in [2.45, 2.75) is 57.1 Å². The number of carbonyl (C=O) groups excluding carboxylic acids is 2. The predicted octanol–water partition coefficient (Wildman–Crippen LogP) is 3.30. The van der Waals surface area contributed by atoms with Crippen LogP contribution >= 0.6 is 0 Å². The number of pyridine rings is 1. The van der Waals surface area contributed by atoms with Crippen molar-refractivity contribution in [2.24, 2.45) is 5.92 Å². The van der Waals surface area contributed by atoms with E-state index in [4.69, 9.17) is 0 Å². The average molecular weight is 452 g/mol. The number of rotatable bonds is 8. The molecule has 1 aromatic heterocycles. The Morgan fingerprint density at radius 3 is 2.39 bits per heavy atom. The highest BCUT2D eigenvalue weighted by atomic mass is 16.3. The van der Waals surface area contributed by atoms with E-state index < -0.39 is 23.3 Å². The monoisotopic (exact) mass is 451 g/mol. The highest BCUT2D eigenvalue weighted by Crippen LogP contribution is 2.34. The van der Waals surface area contributed by atoms with Crippen LogP contribution in [0.1, 0.15) is 83.4 Å². The molecule has 1 unspecified atom stereocenters. The lowest BCUT2D eigenvalue weighted by molar-refractivity contribution is 0.0679. The first kappa shape index (κ1) is 23.2. The maximum atomic E-state index is 13.2. The molecular formula is C26H33N3O4. The molecule has 1 aromatic carbocycles. The molecule has 176 valence electrons. The van der Waals surface area contributed by atoms with Crippen molar-refractivity contribution >= 4 is 11.8 Å². The molecule has 2 amide bonds. The Labute approximate surface area is 194 Å². The molecule has 1 atom stereocenters. The Hall–Kier alpha value is -2.93. The van der Waals surface area contributed by atoms with Gasteiger partial charge < -0.3 is 19.9 Å². The number of hydrogen-bond acceptors (Lipinski definition) is 4. The standard InChI is InChI=1S/C26H33N3O4/c1-28(17-23(30)19-10-6-3-7-11-19)26(33)22-16-29(20-12-13-20)15-21(24(22)31)25(32)27-14-18-8-4-2-5-9-18/h3,6-7,10-11,15-16,18,20,23,30H,2,4-5,8-9,12-14,17H2,1H3,(H,27,32). The van der Waals surface area contributed by atoms with Crippen LogP contribution in [0, 0.1) is 5.92 Å². The lowest BCUT2D eigenvalue weighted by Crippen LogP contribution is -2.38. The van der Waals surface area contributed by atoms with Crippen molar-refractivity contribution in [1.82, 2.24) is 14.8 Å².